The average molecular weight is 398 g/mol. The van der Waals surface area contributed by atoms with Gasteiger partial charge in [-0.3, -0.25) is 4.79 Å². The van der Waals surface area contributed by atoms with Crippen molar-refractivity contribution in [2.24, 2.45) is 0 Å². The lowest BCUT2D eigenvalue weighted by molar-refractivity contribution is 0.104. The quantitative estimate of drug-likeness (QED) is 0.269. The topological polar surface area (TPSA) is 45.2 Å². The van der Waals surface area contributed by atoms with Gasteiger partial charge in [0.2, 0.25) is 0 Å². The van der Waals surface area contributed by atoms with Crippen LogP contribution < -0.4 is 0 Å². The van der Waals surface area contributed by atoms with Gasteiger partial charge in [-0.15, -0.1) is 0 Å². The number of nitriles is 1. The minimum atomic E-state index is -0.150. The van der Waals surface area contributed by atoms with Gasteiger partial charge in [0.1, 0.15) is 0 Å². The van der Waals surface area contributed by atoms with Crippen molar-refractivity contribution in [3.63, 3.8) is 0 Å². The van der Waals surface area contributed by atoms with Crippen LogP contribution in [0.15, 0.2) is 78.0 Å². The molecule has 0 atom stereocenters. The van der Waals surface area contributed by atoms with E-state index in [0.717, 1.165) is 11.1 Å². The Morgan fingerprint density at radius 2 is 1.58 bits per heavy atom. The molecule has 0 aliphatic heterocycles. The lowest BCUT2D eigenvalue weighted by Crippen LogP contribution is -2.14. The number of Topliss-reactive ketones (excluding diaryl/α,β-unsaturated/α-hetero) is 1. The Morgan fingerprint density at radius 3 is 2.29 bits per heavy atom. The van der Waals surface area contributed by atoms with Crippen LogP contribution in [0.25, 0.3) is 27.6 Å². The molecule has 3 heteroatoms. The fourth-order valence-corrected chi connectivity index (χ4v) is 4.83. The van der Waals surface area contributed by atoms with E-state index in [1.54, 1.807) is 18.2 Å². The molecule has 2 aliphatic rings. The summed E-state index contributed by atoms with van der Waals surface area (Å²) in [4.78, 5) is 16.6. The summed E-state index contributed by atoms with van der Waals surface area (Å²) in [5.74, 6) is -0.150. The fourth-order valence-electron chi connectivity index (χ4n) is 4.83. The highest BCUT2D eigenvalue weighted by molar-refractivity contribution is 6.29. The summed E-state index contributed by atoms with van der Waals surface area (Å²) in [5.41, 5.74) is 7.67. The van der Waals surface area contributed by atoms with Gasteiger partial charge in [0.05, 0.1) is 12.6 Å². The van der Waals surface area contributed by atoms with Gasteiger partial charge in [0.25, 0.3) is 5.70 Å². The van der Waals surface area contributed by atoms with Crippen LogP contribution in [-0.2, 0) is 5.41 Å². The molecule has 0 fully saturated rings. The molecular formula is C28H18N2O. The minimum absolute atomic E-state index is 0.0582. The van der Waals surface area contributed by atoms with Gasteiger partial charge >= 0.3 is 0 Å². The van der Waals surface area contributed by atoms with Crippen LogP contribution in [0.3, 0.4) is 0 Å². The van der Waals surface area contributed by atoms with Crippen LogP contribution in [0.2, 0.25) is 0 Å². The highest BCUT2D eigenvalue weighted by Crippen LogP contribution is 2.49. The molecule has 0 bridgehead atoms. The van der Waals surface area contributed by atoms with E-state index in [1.165, 1.54) is 16.7 Å². The molecule has 31 heavy (non-hydrogen) atoms. The van der Waals surface area contributed by atoms with Crippen LogP contribution in [0.1, 0.15) is 46.5 Å². The number of carbonyl (C=O) groups is 1. The Morgan fingerprint density at radius 1 is 0.935 bits per heavy atom. The molecule has 0 saturated carbocycles. The molecule has 0 amide bonds. The van der Waals surface area contributed by atoms with Crippen LogP contribution in [-0.4, -0.2) is 5.78 Å². The summed E-state index contributed by atoms with van der Waals surface area (Å²) >= 11 is 0. The third-order valence-corrected chi connectivity index (χ3v) is 6.33. The van der Waals surface area contributed by atoms with E-state index < -0.39 is 0 Å². The van der Waals surface area contributed by atoms with Crippen LogP contribution >= 0.6 is 0 Å². The number of ketones is 1. The molecule has 3 nitrogen and oxygen atoms in total. The Labute approximate surface area is 181 Å². The number of carbonyl (C=O) groups excluding carboxylic acids is 1. The first kappa shape index (κ1) is 18.8. The zero-order chi connectivity index (χ0) is 21.8. The van der Waals surface area contributed by atoms with E-state index in [2.05, 4.69) is 49.0 Å². The summed E-state index contributed by atoms with van der Waals surface area (Å²) in [7, 11) is 0. The van der Waals surface area contributed by atoms with E-state index >= 15 is 0 Å². The smallest absolute Gasteiger partial charge is 0.270 e. The summed E-state index contributed by atoms with van der Waals surface area (Å²) in [5, 5.41) is 9.52. The lowest BCUT2D eigenvalue weighted by Gasteiger charge is -2.21. The molecule has 0 heterocycles. The van der Waals surface area contributed by atoms with Crippen LogP contribution in [0, 0.1) is 17.9 Å². The van der Waals surface area contributed by atoms with Gasteiger partial charge in [0, 0.05) is 22.1 Å². The first-order valence-electron chi connectivity index (χ1n) is 10.1. The molecule has 146 valence electrons. The normalized spacial score (nSPS) is 18.1. The summed E-state index contributed by atoms with van der Waals surface area (Å²) < 4.78 is 0. The highest BCUT2D eigenvalue weighted by atomic mass is 16.1. The summed E-state index contributed by atoms with van der Waals surface area (Å²) in [6, 6.07) is 23.8. The number of fused-ring (bicyclic) bond motifs is 4. The molecule has 5 rings (SSSR count). The number of nitrogens with zero attached hydrogens (tertiary/aromatic N) is 2. The van der Waals surface area contributed by atoms with Crippen molar-refractivity contribution in [2.75, 3.05) is 0 Å². The molecule has 0 unspecified atom stereocenters. The van der Waals surface area contributed by atoms with Crippen molar-refractivity contribution in [2.45, 2.75) is 19.3 Å². The maximum Gasteiger partial charge on any atom is 0.270 e. The average Bonchev–Trinajstić information content (AvgIpc) is 3.19. The molecule has 3 aromatic carbocycles. The molecule has 3 aromatic rings. The zero-order valence-electron chi connectivity index (χ0n) is 17.2. The first-order valence-corrected chi connectivity index (χ1v) is 10.1. The maximum atomic E-state index is 13.2. The van der Waals surface area contributed by atoms with E-state index in [1.807, 2.05) is 30.3 Å². The Hall–Kier alpha value is -4.21. The maximum absolute atomic E-state index is 13.2. The Bertz CT molecular complexity index is 1420. The third kappa shape index (κ3) is 2.61. The largest absolute Gasteiger partial charge is 0.289 e. The molecular weight excluding hydrogens is 380 g/mol. The molecule has 2 aliphatic carbocycles. The molecule has 0 radical (unpaired) electrons. The van der Waals surface area contributed by atoms with E-state index in [9.17, 15) is 10.1 Å². The third-order valence-electron chi connectivity index (χ3n) is 6.33. The summed E-state index contributed by atoms with van der Waals surface area (Å²) in [6.07, 6.45) is 1.81. The molecule has 0 N–H and O–H groups in total. The minimum Gasteiger partial charge on any atom is -0.289 e. The number of rotatable bonds is 1. The van der Waals surface area contributed by atoms with Gasteiger partial charge in [-0.25, -0.2) is 10.1 Å². The second kappa shape index (κ2) is 6.66. The van der Waals surface area contributed by atoms with E-state index in [4.69, 9.17) is 6.57 Å². The van der Waals surface area contributed by atoms with Gasteiger partial charge in [-0.2, -0.15) is 0 Å². The molecule has 0 spiro atoms. The van der Waals surface area contributed by atoms with Crippen molar-refractivity contribution in [3.8, 4) is 17.2 Å². The Balaban J connectivity index is 1.72. The SMILES string of the molecule is [C-]#[N+]/C(C#N)=C1\C(=C\c2ccc3c(c2)-c2ccccc2C3(C)C)C(=O)c2ccccc21. The van der Waals surface area contributed by atoms with Gasteiger partial charge < -0.3 is 0 Å². The van der Waals surface area contributed by atoms with Gasteiger partial charge in [-0.1, -0.05) is 74.5 Å². The monoisotopic (exact) mass is 398 g/mol. The number of allylic oxidation sites excluding steroid dienone is 3. The standard InChI is InChI=1S/C28H18N2O/c1-28(2)23-11-7-6-8-18(23)21-14-17(12-13-24(21)28)15-22-26(25(16-29)30-3)19-9-4-5-10-20(19)27(22)31/h4-15H,1-2H3/b22-15-,26-25-. The second-order valence-electron chi connectivity index (χ2n) is 8.36. The molecule has 0 aromatic heterocycles. The second-order valence-corrected chi connectivity index (χ2v) is 8.36. The number of hydrogen-bond donors (Lipinski definition) is 0. The fraction of sp³-hybridized carbons (Fsp3) is 0.107. The predicted octanol–water partition coefficient (Wildman–Crippen LogP) is 6.43. The van der Waals surface area contributed by atoms with Crippen LogP contribution in [0.5, 0.6) is 0 Å². The highest BCUT2D eigenvalue weighted by Gasteiger charge is 2.35. The lowest BCUT2D eigenvalue weighted by atomic mass is 9.82. The van der Waals surface area contributed by atoms with Crippen molar-refractivity contribution >= 4 is 17.4 Å². The van der Waals surface area contributed by atoms with Crippen molar-refractivity contribution in [1.82, 2.24) is 0 Å². The first-order chi connectivity index (χ1) is 15.0. The van der Waals surface area contributed by atoms with Gasteiger partial charge in [0.15, 0.2) is 5.78 Å². The van der Waals surface area contributed by atoms with Crippen molar-refractivity contribution < 1.29 is 4.79 Å². The number of hydrogen-bond acceptors (Lipinski definition) is 2. The van der Waals surface area contributed by atoms with E-state index in [0.29, 0.717) is 22.3 Å². The summed E-state index contributed by atoms with van der Waals surface area (Å²) in [6.45, 7) is 11.9. The van der Waals surface area contributed by atoms with Crippen LogP contribution in [0.4, 0.5) is 0 Å². The van der Waals surface area contributed by atoms with Gasteiger partial charge in [-0.05, 0) is 45.5 Å². The number of benzene rings is 3. The zero-order valence-corrected chi connectivity index (χ0v) is 17.2. The Kier molecular flexibility index (Phi) is 4.04. The molecule has 0 saturated heterocycles. The predicted molar refractivity (Wildman–Crippen MR) is 122 cm³/mol. The van der Waals surface area contributed by atoms with Crippen molar-refractivity contribution in [3.05, 3.63) is 117 Å². The van der Waals surface area contributed by atoms with Crippen molar-refractivity contribution in [1.29, 1.82) is 5.26 Å². The van der Waals surface area contributed by atoms with E-state index in [-0.39, 0.29) is 16.9 Å².